The third-order valence-electron chi connectivity index (χ3n) is 8.43. The van der Waals surface area contributed by atoms with Gasteiger partial charge in [0.05, 0.1) is 12.5 Å². The zero-order valence-corrected chi connectivity index (χ0v) is 32.2. The lowest BCUT2D eigenvalue weighted by Crippen LogP contribution is -2.61. The number of carboxylic acids is 1. The molecule has 0 spiro atoms. The highest BCUT2D eigenvalue weighted by Gasteiger charge is 2.35. The molecule has 13 N–H and O–H groups in total. The second-order valence-corrected chi connectivity index (χ2v) is 14.4. The van der Waals surface area contributed by atoms with Crippen LogP contribution in [0.5, 0.6) is 0 Å². The number of primary amides is 2. The molecule has 0 saturated carbocycles. The molecule has 8 atom stereocenters. The first-order chi connectivity index (χ1) is 24.4. The fraction of sp³-hybridized carbons (Fsp3) is 0.735. The van der Waals surface area contributed by atoms with Crippen LogP contribution >= 0.6 is 0 Å². The van der Waals surface area contributed by atoms with Gasteiger partial charge in [-0.25, -0.2) is 4.79 Å². The topological polar surface area (TPSA) is 324 Å². The second-order valence-electron chi connectivity index (χ2n) is 14.4. The van der Waals surface area contributed by atoms with Crippen LogP contribution in [0.2, 0.25) is 0 Å². The highest BCUT2D eigenvalue weighted by Crippen LogP contribution is 2.12. The third kappa shape index (κ3) is 17.5. The SMILES string of the molecule is CC[C@H](C)[C@H](NC(=O)[C@H](CCC(N)=O)NC(=O)[C@H](CC(C)C)NC(=O)[C@@H](NC(=O)[C@@H](N)CC(N)=O)C(C)C)C(=O)N[C@@H](C)C(=O)N[C@H](C(=O)O)C(C)C. The third-order valence-corrected chi connectivity index (χ3v) is 8.43. The van der Waals surface area contributed by atoms with Crippen LogP contribution in [0.25, 0.3) is 0 Å². The van der Waals surface area contributed by atoms with E-state index in [9.17, 15) is 48.3 Å². The highest BCUT2D eigenvalue weighted by molar-refractivity contribution is 5.97. The summed E-state index contributed by atoms with van der Waals surface area (Å²) in [7, 11) is 0. The van der Waals surface area contributed by atoms with Gasteiger partial charge in [0.15, 0.2) is 0 Å². The molecule has 0 aliphatic rings. The largest absolute Gasteiger partial charge is 0.480 e. The molecule has 0 radical (unpaired) electrons. The van der Waals surface area contributed by atoms with Crippen molar-refractivity contribution in [3.8, 4) is 0 Å². The van der Waals surface area contributed by atoms with E-state index in [0.29, 0.717) is 6.42 Å². The number of amides is 8. The minimum Gasteiger partial charge on any atom is -0.480 e. The summed E-state index contributed by atoms with van der Waals surface area (Å²) in [6.45, 7) is 14.9. The van der Waals surface area contributed by atoms with Gasteiger partial charge in [0.25, 0.3) is 0 Å². The normalized spacial score (nSPS) is 15.8. The molecule has 0 fully saturated rings. The number of nitrogens with two attached hydrogens (primary N) is 3. The predicted molar refractivity (Wildman–Crippen MR) is 194 cm³/mol. The van der Waals surface area contributed by atoms with Crippen LogP contribution in [0.1, 0.15) is 94.4 Å². The molecule has 19 nitrogen and oxygen atoms in total. The van der Waals surface area contributed by atoms with Crippen molar-refractivity contribution < 1.29 is 48.3 Å². The van der Waals surface area contributed by atoms with E-state index in [1.54, 1.807) is 55.4 Å². The molecule has 0 rings (SSSR count). The van der Waals surface area contributed by atoms with Crippen molar-refractivity contribution in [3.63, 3.8) is 0 Å². The van der Waals surface area contributed by atoms with Gasteiger partial charge in [-0.3, -0.25) is 38.4 Å². The molecule has 0 bridgehead atoms. The second kappa shape index (κ2) is 23.0. The zero-order chi connectivity index (χ0) is 41.3. The van der Waals surface area contributed by atoms with E-state index >= 15 is 0 Å². The Balaban J connectivity index is 6.20. The Hall–Kier alpha value is -4.81. The van der Waals surface area contributed by atoms with Crippen LogP contribution in [0, 0.1) is 23.7 Å². The minimum atomic E-state index is -1.41. The van der Waals surface area contributed by atoms with Crippen molar-refractivity contribution in [2.24, 2.45) is 40.9 Å². The van der Waals surface area contributed by atoms with E-state index in [1.807, 2.05) is 0 Å². The van der Waals surface area contributed by atoms with Gasteiger partial charge >= 0.3 is 5.97 Å². The summed E-state index contributed by atoms with van der Waals surface area (Å²) in [5.41, 5.74) is 16.2. The lowest BCUT2D eigenvalue weighted by atomic mass is 9.96. The fourth-order valence-electron chi connectivity index (χ4n) is 5.01. The van der Waals surface area contributed by atoms with E-state index in [2.05, 4.69) is 31.9 Å². The maximum atomic E-state index is 13.7. The predicted octanol–water partition coefficient (Wildman–Crippen LogP) is -2.13. The minimum absolute atomic E-state index is 0.0963. The monoisotopic (exact) mass is 755 g/mol. The molecule has 0 aromatic rings. The van der Waals surface area contributed by atoms with Gasteiger partial charge in [-0.2, -0.15) is 0 Å². The van der Waals surface area contributed by atoms with E-state index < -0.39 is 120 Å². The number of carbonyl (C=O) groups excluding carboxylic acids is 8. The van der Waals surface area contributed by atoms with Gasteiger partial charge < -0.3 is 54.2 Å². The van der Waals surface area contributed by atoms with Gasteiger partial charge in [0.2, 0.25) is 47.3 Å². The Labute approximate surface area is 310 Å². The van der Waals surface area contributed by atoms with Crippen molar-refractivity contribution >= 4 is 53.2 Å². The van der Waals surface area contributed by atoms with Crippen molar-refractivity contribution in [2.75, 3.05) is 0 Å². The summed E-state index contributed by atoms with van der Waals surface area (Å²) in [6, 6.07) is -8.72. The molecule has 8 amide bonds. The molecule has 0 aromatic heterocycles. The summed E-state index contributed by atoms with van der Waals surface area (Å²) < 4.78 is 0. The fourth-order valence-corrected chi connectivity index (χ4v) is 5.01. The molecule has 0 heterocycles. The summed E-state index contributed by atoms with van der Waals surface area (Å²) in [5, 5.41) is 24.5. The molecule has 53 heavy (non-hydrogen) atoms. The number of carbonyl (C=O) groups is 9. The first kappa shape index (κ1) is 48.2. The van der Waals surface area contributed by atoms with Crippen LogP contribution in [0.4, 0.5) is 0 Å². The van der Waals surface area contributed by atoms with Crippen LogP contribution in [-0.4, -0.2) is 101 Å². The number of carboxylic acid groups (broad SMARTS) is 1. The smallest absolute Gasteiger partial charge is 0.326 e. The number of nitrogens with one attached hydrogen (secondary N) is 6. The molecular weight excluding hydrogens is 694 g/mol. The van der Waals surface area contributed by atoms with E-state index in [0.717, 1.165) is 0 Å². The van der Waals surface area contributed by atoms with Gasteiger partial charge in [-0.15, -0.1) is 0 Å². The molecule has 302 valence electrons. The number of aliphatic carboxylic acids is 1. The van der Waals surface area contributed by atoms with Crippen LogP contribution in [0.3, 0.4) is 0 Å². The van der Waals surface area contributed by atoms with Crippen LogP contribution in [0.15, 0.2) is 0 Å². The van der Waals surface area contributed by atoms with Crippen molar-refractivity contribution in [3.05, 3.63) is 0 Å². The Morgan fingerprint density at radius 3 is 1.49 bits per heavy atom. The molecule has 0 aromatic carbocycles. The molecule has 0 saturated heterocycles. The van der Waals surface area contributed by atoms with Crippen molar-refractivity contribution in [2.45, 2.75) is 137 Å². The molecule has 0 unspecified atom stereocenters. The van der Waals surface area contributed by atoms with Gasteiger partial charge in [-0.1, -0.05) is 61.8 Å². The Morgan fingerprint density at radius 1 is 0.566 bits per heavy atom. The molecule has 0 aliphatic heterocycles. The maximum absolute atomic E-state index is 13.7. The van der Waals surface area contributed by atoms with E-state index in [1.165, 1.54) is 6.92 Å². The average Bonchev–Trinajstić information content (AvgIpc) is 3.04. The standard InChI is InChI=1S/C34H61N9O10/c1-10-18(8)27(33(51)38-19(9)28(46)42-26(17(6)7)34(52)53)43-30(48)21(11-12-23(36)44)39-31(49)22(13-15(2)3)40-32(50)25(16(4)5)41-29(47)20(35)14-24(37)45/h15-22,25-27H,10-14,35H2,1-9H3,(H2,36,44)(H2,37,45)(H,38,51)(H,39,49)(H,40,50)(H,41,47)(H,42,46)(H,43,48)(H,52,53)/t18-,19-,20-,21-,22-,25-,26-,27-/m0/s1. The molecular formula is C34H61N9O10. The molecule has 0 aliphatic carbocycles. The highest BCUT2D eigenvalue weighted by atomic mass is 16.4. The average molecular weight is 756 g/mol. The molecule has 19 heteroatoms. The number of rotatable bonds is 24. The Morgan fingerprint density at radius 2 is 1.04 bits per heavy atom. The first-order valence-corrected chi connectivity index (χ1v) is 17.8. The van der Waals surface area contributed by atoms with Gasteiger partial charge in [0, 0.05) is 6.42 Å². The Kier molecular flexibility index (Phi) is 20.9. The summed E-state index contributed by atoms with van der Waals surface area (Å²) in [5.74, 6) is -9.11. The first-order valence-electron chi connectivity index (χ1n) is 17.8. The van der Waals surface area contributed by atoms with E-state index in [4.69, 9.17) is 17.2 Å². The lowest BCUT2D eigenvalue weighted by molar-refractivity contribution is -0.143. The van der Waals surface area contributed by atoms with Crippen molar-refractivity contribution in [1.29, 1.82) is 0 Å². The van der Waals surface area contributed by atoms with Crippen LogP contribution in [-0.2, 0) is 43.2 Å². The maximum Gasteiger partial charge on any atom is 0.326 e. The quantitative estimate of drug-likeness (QED) is 0.0507. The summed E-state index contributed by atoms with van der Waals surface area (Å²) >= 11 is 0. The summed E-state index contributed by atoms with van der Waals surface area (Å²) in [4.78, 5) is 114. The van der Waals surface area contributed by atoms with E-state index in [-0.39, 0.29) is 25.2 Å². The van der Waals surface area contributed by atoms with Gasteiger partial charge in [-0.05, 0) is 43.4 Å². The van der Waals surface area contributed by atoms with Crippen molar-refractivity contribution in [1.82, 2.24) is 31.9 Å². The van der Waals surface area contributed by atoms with Gasteiger partial charge in [0.1, 0.15) is 36.3 Å². The van der Waals surface area contributed by atoms with Crippen LogP contribution < -0.4 is 49.1 Å². The zero-order valence-electron chi connectivity index (χ0n) is 32.2. The number of hydrogen-bond acceptors (Lipinski definition) is 10. The summed E-state index contributed by atoms with van der Waals surface area (Å²) in [6.07, 6.45) is -0.555. The lowest BCUT2D eigenvalue weighted by Gasteiger charge is -2.29. The number of hydrogen-bond donors (Lipinski definition) is 10. The Bertz CT molecular complexity index is 1320.